The molecule has 190 valence electrons. The van der Waals surface area contributed by atoms with Gasteiger partial charge in [-0.2, -0.15) is 8.78 Å². The first-order chi connectivity index (χ1) is 17.3. The van der Waals surface area contributed by atoms with Crippen LogP contribution in [0.3, 0.4) is 0 Å². The van der Waals surface area contributed by atoms with Crippen molar-refractivity contribution in [2.24, 2.45) is 4.74 Å². The Morgan fingerprint density at radius 3 is 2.39 bits per heavy atom. The summed E-state index contributed by atoms with van der Waals surface area (Å²) in [6.45, 7) is 5.68. The smallest absolute Gasteiger partial charge is 0.348 e. The Morgan fingerprint density at radius 1 is 1.14 bits per heavy atom. The minimum atomic E-state index is -2.63. The zero-order valence-corrected chi connectivity index (χ0v) is 23.0. The fraction of sp³-hybridized carbons (Fsp3) is 0.269. The van der Waals surface area contributed by atoms with E-state index in [2.05, 4.69) is 41.4 Å². The molecule has 5 nitrogen and oxygen atoms in total. The topological polar surface area (TPSA) is 45.1 Å². The molecule has 1 unspecified atom stereocenters. The van der Waals surface area contributed by atoms with E-state index in [1.165, 1.54) is 18.4 Å². The van der Waals surface area contributed by atoms with Gasteiger partial charge >= 0.3 is 5.97 Å². The number of fused-ring (bicyclic) bond motifs is 1. The molecule has 0 fully saturated rings. The Hall–Kier alpha value is -2.45. The summed E-state index contributed by atoms with van der Waals surface area (Å²) in [6, 6.07) is 19.0. The maximum absolute atomic E-state index is 12.9. The maximum Gasteiger partial charge on any atom is 0.348 e. The van der Waals surface area contributed by atoms with Crippen LogP contribution in [-0.2, 0) is 4.74 Å². The van der Waals surface area contributed by atoms with Crippen molar-refractivity contribution in [3.05, 3.63) is 76.0 Å². The molecule has 0 saturated heterocycles. The number of alkyl halides is 2. The highest BCUT2D eigenvalue weighted by molar-refractivity contribution is 7.99. The lowest BCUT2D eigenvalue weighted by molar-refractivity contribution is 0.0606. The summed E-state index contributed by atoms with van der Waals surface area (Å²) in [5.41, 5.74) is 2.76. The Balaban J connectivity index is 2.00. The molecule has 10 heteroatoms. The van der Waals surface area contributed by atoms with Gasteiger partial charge in [0.05, 0.1) is 18.5 Å². The fourth-order valence-electron chi connectivity index (χ4n) is 4.34. The SMILES string of the molecule is CCN(CC)P1(=Nc2ccc(SC(F)F)cc2)c2cc(C(=O)OC)sc2C=C(c2ccccc2)N1C. The molecule has 1 atom stereocenters. The van der Waals surface area contributed by atoms with Gasteiger partial charge in [-0.05, 0) is 42.0 Å². The molecular formula is C26H28F2N3O2PS2. The van der Waals surface area contributed by atoms with Crippen LogP contribution >= 0.6 is 30.5 Å². The Bertz CT molecular complexity index is 1310. The summed E-state index contributed by atoms with van der Waals surface area (Å²) < 4.78 is 40.7. The summed E-state index contributed by atoms with van der Waals surface area (Å²) in [5.74, 6) is -2.85. The number of thiophene rings is 1. The fourth-order valence-corrected chi connectivity index (χ4v) is 10.1. The molecule has 2 aromatic carbocycles. The molecule has 1 aromatic heterocycles. The summed E-state index contributed by atoms with van der Waals surface area (Å²) in [5, 5.41) is 0.991. The minimum absolute atomic E-state index is 0.377. The van der Waals surface area contributed by atoms with E-state index in [0.717, 1.165) is 34.5 Å². The summed E-state index contributed by atoms with van der Waals surface area (Å²) in [4.78, 5) is 14.5. The second kappa shape index (κ2) is 11.3. The van der Waals surface area contributed by atoms with Crippen LogP contribution in [0.1, 0.15) is 34.0 Å². The van der Waals surface area contributed by atoms with Crippen molar-refractivity contribution < 1.29 is 18.3 Å². The Kier molecular flexibility index (Phi) is 8.35. The number of hydrogen-bond donors (Lipinski definition) is 0. The Labute approximate surface area is 218 Å². The van der Waals surface area contributed by atoms with Gasteiger partial charge in [0, 0.05) is 35.2 Å². The number of carbonyl (C=O) groups excluding carboxylic acids is 1. The van der Waals surface area contributed by atoms with Crippen LogP contribution < -0.4 is 5.30 Å². The molecule has 0 N–H and O–H groups in total. The van der Waals surface area contributed by atoms with E-state index in [9.17, 15) is 13.6 Å². The van der Waals surface area contributed by atoms with E-state index < -0.39 is 13.1 Å². The molecule has 36 heavy (non-hydrogen) atoms. The first-order valence-corrected chi connectivity index (χ1v) is 14.8. The average Bonchev–Trinajstić information content (AvgIpc) is 3.32. The third-order valence-corrected chi connectivity index (χ3v) is 11.9. The predicted octanol–water partition coefficient (Wildman–Crippen LogP) is 7.62. The van der Waals surface area contributed by atoms with E-state index in [4.69, 9.17) is 9.48 Å². The van der Waals surface area contributed by atoms with Crippen LogP contribution in [0.4, 0.5) is 14.5 Å². The lowest BCUT2D eigenvalue weighted by Gasteiger charge is -2.45. The molecule has 1 aliphatic heterocycles. The highest BCUT2D eigenvalue weighted by Crippen LogP contribution is 2.63. The highest BCUT2D eigenvalue weighted by Gasteiger charge is 2.41. The minimum Gasteiger partial charge on any atom is -0.465 e. The number of esters is 1. The second-order valence-electron chi connectivity index (χ2n) is 7.95. The molecule has 0 spiro atoms. The van der Waals surface area contributed by atoms with Gasteiger partial charge in [-0.25, -0.2) is 9.54 Å². The quantitative estimate of drug-likeness (QED) is 0.165. The molecule has 1 aliphatic rings. The zero-order valence-electron chi connectivity index (χ0n) is 20.5. The third kappa shape index (κ3) is 5.02. The first kappa shape index (κ1) is 26.6. The Morgan fingerprint density at radius 2 is 1.81 bits per heavy atom. The van der Waals surface area contributed by atoms with Crippen molar-refractivity contribution in [3.63, 3.8) is 0 Å². The predicted molar refractivity (Wildman–Crippen MR) is 148 cm³/mol. The van der Waals surface area contributed by atoms with E-state index in [0.29, 0.717) is 27.2 Å². The number of nitrogens with zero attached hydrogens (tertiary/aromatic N) is 3. The van der Waals surface area contributed by atoms with Crippen LogP contribution in [0.5, 0.6) is 0 Å². The summed E-state index contributed by atoms with van der Waals surface area (Å²) in [7, 11) is 0.807. The van der Waals surface area contributed by atoms with Crippen LogP contribution in [0.25, 0.3) is 11.8 Å². The van der Waals surface area contributed by atoms with Crippen LogP contribution in [0.2, 0.25) is 0 Å². The molecule has 0 amide bonds. The number of thioether (sulfide) groups is 1. The van der Waals surface area contributed by atoms with Gasteiger partial charge < -0.3 is 9.41 Å². The lowest BCUT2D eigenvalue weighted by atomic mass is 10.1. The van der Waals surface area contributed by atoms with E-state index in [1.807, 2.05) is 31.3 Å². The van der Waals surface area contributed by atoms with Crippen LogP contribution in [0.15, 0.2) is 70.3 Å². The third-order valence-electron chi connectivity index (χ3n) is 6.00. The standard InChI is InChI=1S/C26H28F2N3O2PS2/c1-5-31(6-2)34(29-19-12-14-20(15-13-19)35-26(27)28)22-17-24(25(32)33-4)36-23(22)16-21(30(34)3)18-10-8-7-9-11-18/h7-17,26H,5-6H2,1-4H3. The first-order valence-electron chi connectivity index (χ1n) is 11.5. The van der Waals surface area contributed by atoms with Crippen molar-refractivity contribution in [3.8, 4) is 0 Å². The van der Waals surface area contributed by atoms with Crippen molar-refractivity contribution in [2.45, 2.75) is 24.5 Å². The van der Waals surface area contributed by atoms with Crippen LogP contribution in [-0.4, -0.2) is 48.3 Å². The molecular weight excluding hydrogens is 519 g/mol. The van der Waals surface area contributed by atoms with E-state index in [-0.39, 0.29) is 5.97 Å². The van der Waals surface area contributed by atoms with E-state index >= 15 is 0 Å². The van der Waals surface area contributed by atoms with Gasteiger partial charge in [-0.15, -0.1) is 11.3 Å². The maximum atomic E-state index is 12.9. The average molecular weight is 548 g/mol. The number of rotatable bonds is 8. The van der Waals surface area contributed by atoms with Crippen molar-refractivity contribution in [1.82, 2.24) is 9.34 Å². The van der Waals surface area contributed by atoms with Crippen molar-refractivity contribution in [1.29, 1.82) is 0 Å². The largest absolute Gasteiger partial charge is 0.465 e. The number of hydrogen-bond acceptors (Lipinski definition) is 5. The van der Waals surface area contributed by atoms with Gasteiger partial charge in [0.1, 0.15) is 4.88 Å². The van der Waals surface area contributed by atoms with E-state index in [1.54, 1.807) is 24.3 Å². The van der Waals surface area contributed by atoms with Gasteiger partial charge in [-0.3, -0.25) is 4.67 Å². The highest BCUT2D eigenvalue weighted by atomic mass is 32.2. The molecule has 0 bridgehead atoms. The lowest BCUT2D eigenvalue weighted by Crippen LogP contribution is -2.37. The van der Waals surface area contributed by atoms with Gasteiger partial charge in [0.2, 0.25) is 0 Å². The number of benzene rings is 2. The summed E-state index contributed by atoms with van der Waals surface area (Å²) in [6.07, 6.45) is 2.11. The molecule has 4 rings (SSSR count). The van der Waals surface area contributed by atoms with Gasteiger partial charge in [0.25, 0.3) is 5.76 Å². The summed E-state index contributed by atoms with van der Waals surface area (Å²) >= 11 is 1.92. The molecule has 0 radical (unpaired) electrons. The van der Waals surface area contributed by atoms with Crippen molar-refractivity contribution >= 4 is 59.2 Å². The van der Waals surface area contributed by atoms with Gasteiger partial charge in [-0.1, -0.05) is 55.9 Å². The monoisotopic (exact) mass is 547 g/mol. The molecule has 0 aliphatic carbocycles. The number of methoxy groups -OCH3 is 1. The second-order valence-corrected chi connectivity index (χ2v) is 13.1. The zero-order chi connectivity index (χ0) is 25.9. The normalized spacial score (nSPS) is 17.2. The number of halogens is 2. The van der Waals surface area contributed by atoms with Crippen molar-refractivity contribution in [2.75, 3.05) is 27.2 Å². The molecule has 2 heterocycles. The van der Waals surface area contributed by atoms with Crippen LogP contribution in [0, 0.1) is 0 Å². The van der Waals surface area contributed by atoms with Gasteiger partial charge in [0.15, 0.2) is 7.36 Å². The molecule has 3 aromatic rings. The number of ether oxygens (including phenoxy) is 1. The number of carbonyl (C=O) groups is 1. The molecule has 0 saturated carbocycles.